The van der Waals surface area contributed by atoms with E-state index < -0.39 is 0 Å². The van der Waals surface area contributed by atoms with Crippen molar-refractivity contribution < 1.29 is 0 Å². The zero-order chi connectivity index (χ0) is 10.9. The average Bonchev–Trinajstić information content (AvgIpc) is 2.24. The summed E-state index contributed by atoms with van der Waals surface area (Å²) in [7, 11) is 0. The molecular formula is C12H21N3. The molecular weight excluding hydrogens is 186 g/mol. The molecule has 3 nitrogen and oxygen atoms in total. The highest BCUT2D eigenvalue weighted by molar-refractivity contribution is 5.07. The predicted molar refractivity (Wildman–Crippen MR) is 63.7 cm³/mol. The molecule has 0 fully saturated rings. The normalized spacial score (nSPS) is 10.9. The fourth-order valence-electron chi connectivity index (χ4n) is 1.30. The first-order chi connectivity index (χ1) is 7.29. The van der Waals surface area contributed by atoms with Gasteiger partial charge in [0.05, 0.1) is 0 Å². The summed E-state index contributed by atoms with van der Waals surface area (Å²) in [5.74, 6) is 0.725. The monoisotopic (exact) mass is 207 g/mol. The Kier molecular flexibility index (Phi) is 5.97. The second-order valence-corrected chi connectivity index (χ2v) is 4.14. The number of rotatable bonds is 7. The average molecular weight is 207 g/mol. The lowest BCUT2D eigenvalue weighted by Gasteiger charge is -2.08. The van der Waals surface area contributed by atoms with Gasteiger partial charge >= 0.3 is 0 Å². The van der Waals surface area contributed by atoms with Crippen molar-refractivity contribution in [3.8, 4) is 0 Å². The van der Waals surface area contributed by atoms with Crippen LogP contribution in [-0.4, -0.2) is 24.6 Å². The maximum absolute atomic E-state index is 4.07. The molecule has 0 bridgehead atoms. The number of hydrogen-bond donors (Lipinski definition) is 2. The van der Waals surface area contributed by atoms with E-state index in [2.05, 4.69) is 35.5 Å². The highest BCUT2D eigenvalue weighted by Gasteiger charge is 1.93. The lowest BCUT2D eigenvalue weighted by atomic mass is 10.2. The van der Waals surface area contributed by atoms with Crippen LogP contribution in [0.25, 0.3) is 0 Å². The van der Waals surface area contributed by atoms with Gasteiger partial charge in [0.2, 0.25) is 0 Å². The Morgan fingerprint density at radius 2 is 2.07 bits per heavy atom. The third kappa shape index (κ3) is 6.20. The minimum atomic E-state index is 0.725. The van der Waals surface area contributed by atoms with Gasteiger partial charge in [-0.15, -0.1) is 0 Å². The van der Waals surface area contributed by atoms with Gasteiger partial charge in [-0.25, -0.2) is 0 Å². The molecule has 0 aliphatic heterocycles. The van der Waals surface area contributed by atoms with E-state index in [1.54, 1.807) is 6.20 Å². The summed E-state index contributed by atoms with van der Waals surface area (Å²) in [6, 6.07) is 4.05. The van der Waals surface area contributed by atoms with Crippen LogP contribution in [0.4, 0.5) is 0 Å². The molecule has 0 aliphatic rings. The first-order valence-corrected chi connectivity index (χ1v) is 5.59. The van der Waals surface area contributed by atoms with E-state index in [9.17, 15) is 0 Å². The molecule has 0 spiro atoms. The summed E-state index contributed by atoms with van der Waals surface area (Å²) < 4.78 is 0. The molecule has 1 aromatic rings. The Morgan fingerprint density at radius 1 is 1.27 bits per heavy atom. The van der Waals surface area contributed by atoms with Crippen LogP contribution in [0.1, 0.15) is 19.4 Å². The minimum absolute atomic E-state index is 0.725. The van der Waals surface area contributed by atoms with Gasteiger partial charge in [-0.1, -0.05) is 19.9 Å². The van der Waals surface area contributed by atoms with E-state index in [4.69, 9.17) is 0 Å². The van der Waals surface area contributed by atoms with E-state index in [1.807, 2.05) is 12.3 Å². The molecule has 1 aromatic heterocycles. The lowest BCUT2D eigenvalue weighted by molar-refractivity contribution is 0.535. The fourth-order valence-corrected chi connectivity index (χ4v) is 1.30. The van der Waals surface area contributed by atoms with E-state index >= 15 is 0 Å². The quantitative estimate of drug-likeness (QED) is 0.664. The van der Waals surface area contributed by atoms with Crippen LogP contribution in [0, 0.1) is 5.92 Å². The van der Waals surface area contributed by atoms with Gasteiger partial charge in [0.15, 0.2) is 0 Å². The Balaban J connectivity index is 1.98. The van der Waals surface area contributed by atoms with E-state index in [0.29, 0.717) is 0 Å². The van der Waals surface area contributed by atoms with Gasteiger partial charge in [-0.05, 0) is 24.1 Å². The second-order valence-electron chi connectivity index (χ2n) is 4.14. The van der Waals surface area contributed by atoms with Gasteiger partial charge in [0.25, 0.3) is 0 Å². The molecule has 15 heavy (non-hydrogen) atoms. The molecule has 3 heteroatoms. The van der Waals surface area contributed by atoms with Crippen molar-refractivity contribution in [2.24, 2.45) is 5.92 Å². The third-order valence-electron chi connectivity index (χ3n) is 2.08. The number of hydrogen-bond acceptors (Lipinski definition) is 3. The number of nitrogens with one attached hydrogen (secondary N) is 2. The van der Waals surface area contributed by atoms with Crippen molar-refractivity contribution in [1.29, 1.82) is 0 Å². The van der Waals surface area contributed by atoms with Gasteiger partial charge < -0.3 is 10.6 Å². The van der Waals surface area contributed by atoms with Crippen LogP contribution in [0.2, 0.25) is 0 Å². The van der Waals surface area contributed by atoms with Crippen molar-refractivity contribution in [3.63, 3.8) is 0 Å². The van der Waals surface area contributed by atoms with Gasteiger partial charge in [-0.3, -0.25) is 4.98 Å². The van der Waals surface area contributed by atoms with Crippen LogP contribution >= 0.6 is 0 Å². The smallest absolute Gasteiger partial charge is 0.0312 e. The first kappa shape index (κ1) is 12.1. The van der Waals surface area contributed by atoms with Crippen molar-refractivity contribution in [3.05, 3.63) is 30.1 Å². The molecule has 0 radical (unpaired) electrons. The zero-order valence-corrected chi connectivity index (χ0v) is 9.66. The van der Waals surface area contributed by atoms with Crippen LogP contribution in [-0.2, 0) is 6.54 Å². The van der Waals surface area contributed by atoms with Crippen LogP contribution in [0.5, 0.6) is 0 Å². The topological polar surface area (TPSA) is 37.0 Å². The van der Waals surface area contributed by atoms with Crippen molar-refractivity contribution in [2.45, 2.75) is 20.4 Å². The molecule has 84 valence electrons. The highest BCUT2D eigenvalue weighted by atomic mass is 14.9. The van der Waals surface area contributed by atoms with Crippen LogP contribution < -0.4 is 10.6 Å². The Morgan fingerprint density at radius 3 is 2.73 bits per heavy atom. The standard InChI is InChI=1S/C12H21N3/c1-11(2)8-14-6-7-15-10-12-4-3-5-13-9-12/h3-5,9,11,14-15H,6-8,10H2,1-2H3. The maximum Gasteiger partial charge on any atom is 0.0312 e. The SMILES string of the molecule is CC(C)CNCCNCc1cccnc1. The van der Waals surface area contributed by atoms with Gasteiger partial charge in [0, 0.05) is 32.0 Å². The minimum Gasteiger partial charge on any atom is -0.315 e. The highest BCUT2D eigenvalue weighted by Crippen LogP contribution is 1.93. The molecule has 0 aliphatic carbocycles. The maximum atomic E-state index is 4.07. The summed E-state index contributed by atoms with van der Waals surface area (Å²) in [5.41, 5.74) is 1.24. The second kappa shape index (κ2) is 7.37. The Hall–Kier alpha value is -0.930. The number of pyridine rings is 1. The Labute approximate surface area is 92.3 Å². The molecule has 0 saturated heterocycles. The first-order valence-electron chi connectivity index (χ1n) is 5.59. The van der Waals surface area contributed by atoms with Gasteiger partial charge in [-0.2, -0.15) is 0 Å². The molecule has 0 amide bonds. The number of aromatic nitrogens is 1. The largest absolute Gasteiger partial charge is 0.315 e. The summed E-state index contributed by atoms with van der Waals surface area (Å²) in [6.07, 6.45) is 3.70. The molecule has 0 atom stereocenters. The van der Waals surface area contributed by atoms with Gasteiger partial charge in [0.1, 0.15) is 0 Å². The number of nitrogens with zero attached hydrogens (tertiary/aromatic N) is 1. The lowest BCUT2D eigenvalue weighted by Crippen LogP contribution is -2.29. The van der Waals surface area contributed by atoms with Crippen molar-refractivity contribution >= 4 is 0 Å². The molecule has 0 unspecified atom stereocenters. The van der Waals surface area contributed by atoms with Crippen LogP contribution in [0.3, 0.4) is 0 Å². The summed E-state index contributed by atoms with van der Waals surface area (Å²) in [5, 5.41) is 6.77. The van der Waals surface area contributed by atoms with E-state index in [-0.39, 0.29) is 0 Å². The van der Waals surface area contributed by atoms with E-state index in [1.165, 1.54) is 5.56 Å². The Bertz CT molecular complexity index is 246. The fraction of sp³-hybridized carbons (Fsp3) is 0.583. The van der Waals surface area contributed by atoms with Crippen LogP contribution in [0.15, 0.2) is 24.5 Å². The molecule has 2 N–H and O–H groups in total. The zero-order valence-electron chi connectivity index (χ0n) is 9.66. The summed E-state index contributed by atoms with van der Waals surface area (Å²) in [6.45, 7) is 8.46. The molecule has 0 saturated carbocycles. The molecule has 1 rings (SSSR count). The summed E-state index contributed by atoms with van der Waals surface area (Å²) >= 11 is 0. The van der Waals surface area contributed by atoms with Crippen molar-refractivity contribution in [1.82, 2.24) is 15.6 Å². The van der Waals surface area contributed by atoms with Crippen molar-refractivity contribution in [2.75, 3.05) is 19.6 Å². The third-order valence-corrected chi connectivity index (χ3v) is 2.08. The van der Waals surface area contributed by atoms with E-state index in [0.717, 1.165) is 32.1 Å². The molecule has 0 aromatic carbocycles. The molecule has 1 heterocycles. The summed E-state index contributed by atoms with van der Waals surface area (Å²) in [4.78, 5) is 4.07. The predicted octanol–water partition coefficient (Wildman–Crippen LogP) is 1.42.